The molecule has 1 aromatic carbocycles. The van der Waals surface area contributed by atoms with Crippen LogP contribution in [-0.4, -0.2) is 25.3 Å². The van der Waals surface area contributed by atoms with Crippen LogP contribution in [0.5, 0.6) is 0 Å². The molecule has 21 heavy (non-hydrogen) atoms. The van der Waals surface area contributed by atoms with Gasteiger partial charge >= 0.3 is 0 Å². The molecule has 1 aromatic heterocycles. The lowest BCUT2D eigenvalue weighted by Crippen LogP contribution is -2.30. The highest BCUT2D eigenvalue weighted by molar-refractivity contribution is 7.89. The van der Waals surface area contributed by atoms with Crippen LogP contribution in [0.1, 0.15) is 25.3 Å². The largest absolute Gasteiger partial charge is 0.256 e. The minimum atomic E-state index is -3.59. The molecule has 0 aliphatic rings. The molecule has 2 aromatic rings. The second kappa shape index (κ2) is 6.73. The number of sulfonamides is 1. The zero-order chi connectivity index (χ0) is 15.5. The second-order valence-corrected chi connectivity index (χ2v) is 7.37. The van der Waals surface area contributed by atoms with Crippen LogP contribution < -0.4 is 4.72 Å². The first-order valence-corrected chi connectivity index (χ1v) is 8.85. The summed E-state index contributed by atoms with van der Waals surface area (Å²) < 4.78 is 27.5. The Labute approximate surface area is 130 Å². The Morgan fingerprint density at radius 3 is 2.81 bits per heavy atom. The maximum Gasteiger partial charge on any atom is 0.241 e. The molecule has 2 rings (SSSR count). The molecule has 0 aliphatic heterocycles. The molecule has 114 valence electrons. The number of nitrogens with zero attached hydrogens (tertiary/aromatic N) is 1. The van der Waals surface area contributed by atoms with Gasteiger partial charge in [-0.1, -0.05) is 19.4 Å². The summed E-state index contributed by atoms with van der Waals surface area (Å²) in [7, 11) is -3.59. The van der Waals surface area contributed by atoms with Crippen LogP contribution in [0, 0.1) is 6.92 Å². The fraction of sp³-hybridized carbons (Fsp3) is 0.400. The van der Waals surface area contributed by atoms with E-state index in [0.29, 0.717) is 10.9 Å². The first-order valence-electron chi connectivity index (χ1n) is 6.93. The van der Waals surface area contributed by atoms with Crippen molar-refractivity contribution in [3.63, 3.8) is 0 Å². The summed E-state index contributed by atoms with van der Waals surface area (Å²) in [5, 5.41) is 0.436. The summed E-state index contributed by atoms with van der Waals surface area (Å²) in [6.07, 6.45) is 3.36. The quantitative estimate of drug-likeness (QED) is 0.829. The molecule has 0 fully saturated rings. The third-order valence-corrected chi connectivity index (χ3v) is 5.17. The topological polar surface area (TPSA) is 59.1 Å². The van der Waals surface area contributed by atoms with E-state index in [1.165, 1.54) is 0 Å². The van der Waals surface area contributed by atoms with Gasteiger partial charge in [-0.2, -0.15) is 0 Å². The predicted molar refractivity (Wildman–Crippen MR) is 86.2 cm³/mol. The highest BCUT2D eigenvalue weighted by Crippen LogP contribution is 2.24. The highest BCUT2D eigenvalue weighted by atomic mass is 35.5. The summed E-state index contributed by atoms with van der Waals surface area (Å²) in [5.41, 5.74) is 1.65. The van der Waals surface area contributed by atoms with Crippen LogP contribution in [0.3, 0.4) is 0 Å². The van der Waals surface area contributed by atoms with Gasteiger partial charge in [0.05, 0.1) is 10.4 Å². The van der Waals surface area contributed by atoms with Gasteiger partial charge in [-0.3, -0.25) is 4.98 Å². The number of benzene rings is 1. The second-order valence-electron chi connectivity index (χ2n) is 5.02. The summed E-state index contributed by atoms with van der Waals surface area (Å²) in [6, 6.07) is 6.90. The van der Waals surface area contributed by atoms with Gasteiger partial charge in [-0.05, 0) is 37.1 Å². The summed E-state index contributed by atoms with van der Waals surface area (Å²) in [6.45, 7) is 4.16. The van der Waals surface area contributed by atoms with E-state index in [1.807, 2.05) is 13.8 Å². The Balaban J connectivity index is 2.35. The van der Waals surface area contributed by atoms with Crippen molar-refractivity contribution in [3.05, 3.63) is 36.0 Å². The van der Waals surface area contributed by atoms with E-state index in [1.54, 1.807) is 30.5 Å². The van der Waals surface area contributed by atoms with Gasteiger partial charge < -0.3 is 0 Å². The van der Waals surface area contributed by atoms with Crippen molar-refractivity contribution in [1.29, 1.82) is 0 Å². The number of nitrogens with one attached hydrogen (secondary N) is 1. The molecule has 1 N–H and O–H groups in total. The Bertz CT molecular complexity index is 732. The zero-order valence-electron chi connectivity index (χ0n) is 12.1. The van der Waals surface area contributed by atoms with Crippen molar-refractivity contribution in [3.8, 4) is 0 Å². The van der Waals surface area contributed by atoms with Crippen LogP contribution in [-0.2, 0) is 10.0 Å². The van der Waals surface area contributed by atoms with Crippen molar-refractivity contribution in [2.45, 2.75) is 37.0 Å². The Morgan fingerprint density at radius 1 is 1.33 bits per heavy atom. The van der Waals surface area contributed by atoms with Crippen molar-refractivity contribution in [2.24, 2.45) is 0 Å². The summed E-state index contributed by atoms with van der Waals surface area (Å²) in [5.74, 6) is 0. The van der Waals surface area contributed by atoms with Crippen LogP contribution in [0.25, 0.3) is 10.9 Å². The molecule has 0 saturated heterocycles. The maximum atomic E-state index is 12.5. The molecule has 1 heterocycles. The third kappa shape index (κ3) is 3.73. The van der Waals surface area contributed by atoms with E-state index >= 15 is 0 Å². The number of alkyl halides is 1. The number of rotatable bonds is 6. The average Bonchev–Trinajstić information content (AvgIpc) is 2.46. The van der Waals surface area contributed by atoms with Crippen molar-refractivity contribution < 1.29 is 8.42 Å². The lowest BCUT2D eigenvalue weighted by Gasteiger charge is -2.12. The number of aryl methyl sites for hydroxylation is 1. The van der Waals surface area contributed by atoms with E-state index < -0.39 is 10.0 Å². The van der Waals surface area contributed by atoms with E-state index in [2.05, 4.69) is 9.71 Å². The number of hydrogen-bond acceptors (Lipinski definition) is 3. The molecule has 1 atom stereocenters. The lowest BCUT2D eigenvalue weighted by atomic mass is 10.1. The van der Waals surface area contributed by atoms with Crippen molar-refractivity contribution in [1.82, 2.24) is 9.71 Å². The first kappa shape index (κ1) is 16.2. The van der Waals surface area contributed by atoms with Crippen LogP contribution in [0.2, 0.25) is 0 Å². The molecule has 0 bridgehead atoms. The van der Waals surface area contributed by atoms with E-state index in [9.17, 15) is 8.42 Å². The van der Waals surface area contributed by atoms with Gasteiger partial charge in [0.1, 0.15) is 0 Å². The molecular formula is C15H19ClN2O2S. The molecule has 4 nitrogen and oxygen atoms in total. The number of pyridine rings is 1. The van der Waals surface area contributed by atoms with E-state index in [4.69, 9.17) is 11.6 Å². The molecule has 0 aliphatic carbocycles. The van der Waals surface area contributed by atoms with Gasteiger partial charge in [0, 0.05) is 23.5 Å². The molecule has 0 radical (unpaired) electrons. The fourth-order valence-corrected chi connectivity index (χ4v) is 3.88. The first-order chi connectivity index (χ1) is 9.95. The molecule has 6 heteroatoms. The van der Waals surface area contributed by atoms with Gasteiger partial charge in [0.25, 0.3) is 0 Å². The van der Waals surface area contributed by atoms with Crippen LogP contribution in [0.15, 0.2) is 35.4 Å². The van der Waals surface area contributed by atoms with E-state index in [0.717, 1.165) is 18.4 Å². The van der Waals surface area contributed by atoms with E-state index in [-0.39, 0.29) is 16.8 Å². The number of fused-ring (bicyclic) bond motifs is 1. The van der Waals surface area contributed by atoms with Crippen LogP contribution in [0.4, 0.5) is 0 Å². The smallest absolute Gasteiger partial charge is 0.241 e. The predicted octanol–water partition coefficient (Wildman–Crippen LogP) is 3.23. The van der Waals surface area contributed by atoms with Crippen LogP contribution >= 0.6 is 11.6 Å². The fourth-order valence-electron chi connectivity index (χ4n) is 2.22. The number of halogens is 1. The molecule has 0 spiro atoms. The monoisotopic (exact) mass is 326 g/mol. The SMILES string of the molecule is CCCC(Cl)CNS(=O)(=O)c1ccc(C)c2ncccc12. The average molecular weight is 327 g/mol. The third-order valence-electron chi connectivity index (χ3n) is 3.32. The Kier molecular flexibility index (Phi) is 5.19. The highest BCUT2D eigenvalue weighted by Gasteiger charge is 2.19. The molecular weight excluding hydrogens is 308 g/mol. The summed E-state index contributed by atoms with van der Waals surface area (Å²) in [4.78, 5) is 4.51. The van der Waals surface area contributed by atoms with Gasteiger partial charge in [0.15, 0.2) is 0 Å². The Hall–Kier alpha value is -1.17. The molecule has 0 amide bonds. The molecule has 1 unspecified atom stereocenters. The van der Waals surface area contributed by atoms with Crippen molar-refractivity contribution >= 4 is 32.5 Å². The number of hydrogen-bond donors (Lipinski definition) is 1. The number of aromatic nitrogens is 1. The zero-order valence-corrected chi connectivity index (χ0v) is 13.7. The maximum absolute atomic E-state index is 12.5. The normalized spacial score (nSPS) is 13.5. The molecule has 0 saturated carbocycles. The minimum Gasteiger partial charge on any atom is -0.256 e. The summed E-state index contributed by atoms with van der Waals surface area (Å²) >= 11 is 6.08. The van der Waals surface area contributed by atoms with Crippen molar-refractivity contribution in [2.75, 3.05) is 6.54 Å². The standard InChI is InChI=1S/C15H19ClN2O2S/c1-3-5-12(16)10-18-21(19,20)14-8-7-11(2)15-13(14)6-4-9-17-15/h4,6-9,12,18H,3,5,10H2,1-2H3. The minimum absolute atomic E-state index is 0.195. The Morgan fingerprint density at radius 2 is 2.10 bits per heavy atom. The van der Waals surface area contributed by atoms with Gasteiger partial charge in [-0.25, -0.2) is 13.1 Å². The van der Waals surface area contributed by atoms with Gasteiger partial charge in [-0.15, -0.1) is 11.6 Å². The van der Waals surface area contributed by atoms with Gasteiger partial charge in [0.2, 0.25) is 10.0 Å². The lowest BCUT2D eigenvalue weighted by molar-refractivity contribution is 0.577.